The molecule has 0 unspecified atom stereocenters. The third-order valence-corrected chi connectivity index (χ3v) is 3.74. The Morgan fingerprint density at radius 1 is 1.06 bits per heavy atom. The minimum atomic E-state index is 0.488. The summed E-state index contributed by atoms with van der Waals surface area (Å²) >= 11 is 12.1. The molecule has 0 spiro atoms. The van der Waals surface area contributed by atoms with Gasteiger partial charge in [0.25, 0.3) is 0 Å². The molecule has 0 radical (unpaired) electrons. The Balaban J connectivity index is 2.98. The molecular weight excluding hydrogens is 245 g/mol. The lowest BCUT2D eigenvalue weighted by atomic mass is 10.3. The van der Waals surface area contributed by atoms with Gasteiger partial charge in [0.05, 0.1) is 5.02 Å². The Hall–Kier alpha value is -0.440. The van der Waals surface area contributed by atoms with Crippen LogP contribution in [0.3, 0.4) is 0 Å². The van der Waals surface area contributed by atoms with Crippen molar-refractivity contribution in [2.75, 3.05) is 19.6 Å². The number of halogens is 2. The standard InChI is InChI=1S/C12H18Cl2NO/c1-4-15(5-2,6-3)16-11-9-7-8-10(13)12(11)14/h7-9H,4-6H2,1-3H3/q+1. The number of nitrogens with zero attached hydrogens (tertiary/aromatic N) is 1. The first kappa shape index (κ1) is 13.6. The minimum Gasteiger partial charge on any atom is -0.314 e. The maximum atomic E-state index is 6.10. The van der Waals surface area contributed by atoms with E-state index in [0.29, 0.717) is 20.4 Å². The van der Waals surface area contributed by atoms with Crippen molar-refractivity contribution >= 4 is 23.2 Å². The average molecular weight is 263 g/mol. The van der Waals surface area contributed by atoms with Crippen LogP contribution in [0.25, 0.3) is 0 Å². The molecule has 0 N–H and O–H groups in total. The zero-order valence-corrected chi connectivity index (χ0v) is 11.5. The highest BCUT2D eigenvalue weighted by molar-refractivity contribution is 6.42. The smallest absolute Gasteiger partial charge is 0.210 e. The molecule has 0 fully saturated rings. The molecule has 0 bridgehead atoms. The van der Waals surface area contributed by atoms with E-state index in [1.807, 2.05) is 12.1 Å². The number of rotatable bonds is 5. The first-order chi connectivity index (χ1) is 7.58. The number of hydrogen-bond donors (Lipinski definition) is 0. The summed E-state index contributed by atoms with van der Waals surface area (Å²) in [5, 5.41) is 1.02. The fourth-order valence-corrected chi connectivity index (χ4v) is 1.95. The van der Waals surface area contributed by atoms with Gasteiger partial charge in [-0.1, -0.05) is 29.3 Å². The lowest BCUT2D eigenvalue weighted by molar-refractivity contribution is -1.07. The SMILES string of the molecule is CC[N+](CC)(CC)Oc1cccc(Cl)c1Cl. The molecule has 0 aliphatic rings. The minimum absolute atomic E-state index is 0.488. The molecule has 1 rings (SSSR count). The van der Waals surface area contributed by atoms with Gasteiger partial charge < -0.3 is 4.84 Å². The van der Waals surface area contributed by atoms with Crippen molar-refractivity contribution in [1.29, 1.82) is 0 Å². The third kappa shape index (κ3) is 2.82. The molecular formula is C12H18Cl2NO+. The lowest BCUT2D eigenvalue weighted by Gasteiger charge is -2.32. The second kappa shape index (κ2) is 5.76. The van der Waals surface area contributed by atoms with Crippen molar-refractivity contribution < 1.29 is 9.48 Å². The Bertz CT molecular complexity index is 343. The highest BCUT2D eigenvalue weighted by atomic mass is 35.5. The van der Waals surface area contributed by atoms with E-state index in [-0.39, 0.29) is 0 Å². The predicted octanol–water partition coefficient (Wildman–Crippen LogP) is 4.16. The highest BCUT2D eigenvalue weighted by Crippen LogP contribution is 2.33. The molecule has 0 atom stereocenters. The van der Waals surface area contributed by atoms with Gasteiger partial charge in [0.1, 0.15) is 24.7 Å². The van der Waals surface area contributed by atoms with E-state index in [0.717, 1.165) is 19.6 Å². The van der Waals surface area contributed by atoms with Gasteiger partial charge in [0.15, 0.2) is 0 Å². The van der Waals surface area contributed by atoms with Crippen LogP contribution in [0.4, 0.5) is 0 Å². The Labute approximate surface area is 107 Å². The summed E-state index contributed by atoms with van der Waals surface area (Å²) in [4.78, 5) is 5.98. The molecule has 0 aliphatic heterocycles. The largest absolute Gasteiger partial charge is 0.314 e. The zero-order valence-electron chi connectivity index (χ0n) is 9.96. The molecule has 2 nitrogen and oxygen atoms in total. The number of hydrogen-bond acceptors (Lipinski definition) is 1. The van der Waals surface area contributed by atoms with E-state index in [2.05, 4.69) is 20.8 Å². The van der Waals surface area contributed by atoms with E-state index in [1.54, 1.807) is 6.07 Å². The molecule has 0 amide bonds. The molecule has 0 saturated carbocycles. The fraction of sp³-hybridized carbons (Fsp3) is 0.500. The van der Waals surface area contributed by atoms with Crippen LogP contribution in [0, 0.1) is 0 Å². The van der Waals surface area contributed by atoms with Gasteiger partial charge in [-0.3, -0.25) is 0 Å². The fourth-order valence-electron chi connectivity index (χ4n) is 1.63. The molecule has 0 heterocycles. The van der Waals surface area contributed by atoms with Crippen molar-refractivity contribution in [3.05, 3.63) is 28.2 Å². The summed E-state index contributed by atoms with van der Waals surface area (Å²) in [6.45, 7) is 9.00. The molecule has 1 aromatic carbocycles. The third-order valence-electron chi connectivity index (χ3n) is 2.94. The van der Waals surface area contributed by atoms with Crippen LogP contribution >= 0.6 is 23.2 Å². The molecule has 1 aromatic rings. The highest BCUT2D eigenvalue weighted by Gasteiger charge is 2.25. The Kier molecular flexibility index (Phi) is 4.90. The lowest BCUT2D eigenvalue weighted by Crippen LogP contribution is -2.50. The van der Waals surface area contributed by atoms with Gasteiger partial charge in [-0.25, -0.2) is 0 Å². The van der Waals surface area contributed by atoms with E-state index >= 15 is 0 Å². The van der Waals surface area contributed by atoms with E-state index in [9.17, 15) is 0 Å². The maximum Gasteiger partial charge on any atom is 0.210 e. The second-order valence-corrected chi connectivity index (χ2v) is 4.44. The molecule has 4 heteroatoms. The predicted molar refractivity (Wildman–Crippen MR) is 69.0 cm³/mol. The monoisotopic (exact) mass is 262 g/mol. The van der Waals surface area contributed by atoms with Crippen LogP contribution in [0.2, 0.25) is 10.0 Å². The van der Waals surface area contributed by atoms with Gasteiger partial charge in [-0.15, -0.1) is 4.65 Å². The quantitative estimate of drug-likeness (QED) is 0.572. The van der Waals surface area contributed by atoms with Crippen molar-refractivity contribution in [2.45, 2.75) is 20.8 Å². The summed E-state index contributed by atoms with van der Waals surface area (Å²) in [7, 11) is 0. The average Bonchev–Trinajstić information content (AvgIpc) is 2.32. The van der Waals surface area contributed by atoms with Crippen LogP contribution in [-0.2, 0) is 0 Å². The molecule has 16 heavy (non-hydrogen) atoms. The second-order valence-electron chi connectivity index (χ2n) is 3.65. The normalized spacial score (nSPS) is 11.6. The van der Waals surface area contributed by atoms with E-state index in [4.69, 9.17) is 28.0 Å². The van der Waals surface area contributed by atoms with Gasteiger partial charge in [-0.2, -0.15) is 0 Å². The first-order valence-electron chi connectivity index (χ1n) is 5.58. The van der Waals surface area contributed by atoms with Crippen molar-refractivity contribution in [1.82, 2.24) is 0 Å². The van der Waals surface area contributed by atoms with Crippen LogP contribution in [0.5, 0.6) is 5.75 Å². The topological polar surface area (TPSA) is 9.23 Å². The van der Waals surface area contributed by atoms with Crippen LogP contribution in [0.1, 0.15) is 20.8 Å². The van der Waals surface area contributed by atoms with Gasteiger partial charge in [-0.05, 0) is 32.9 Å². The van der Waals surface area contributed by atoms with Gasteiger partial charge in [0.2, 0.25) is 5.75 Å². The van der Waals surface area contributed by atoms with Crippen LogP contribution < -0.4 is 4.84 Å². The van der Waals surface area contributed by atoms with Crippen LogP contribution in [0.15, 0.2) is 18.2 Å². The van der Waals surface area contributed by atoms with Gasteiger partial charge in [0, 0.05) is 0 Å². The summed E-state index contributed by atoms with van der Waals surface area (Å²) in [6.07, 6.45) is 0. The summed E-state index contributed by atoms with van der Waals surface area (Å²) in [6, 6.07) is 5.46. The van der Waals surface area contributed by atoms with Crippen molar-refractivity contribution in [2.24, 2.45) is 0 Å². The molecule has 0 aliphatic carbocycles. The molecule has 90 valence electrons. The summed E-state index contributed by atoms with van der Waals surface area (Å²) in [5.74, 6) is 0.653. The van der Waals surface area contributed by atoms with Crippen molar-refractivity contribution in [3.8, 4) is 5.75 Å². The summed E-state index contributed by atoms with van der Waals surface area (Å²) in [5.41, 5.74) is 0. The van der Waals surface area contributed by atoms with Crippen molar-refractivity contribution in [3.63, 3.8) is 0 Å². The van der Waals surface area contributed by atoms with Crippen LogP contribution in [-0.4, -0.2) is 24.3 Å². The zero-order chi connectivity index (χ0) is 12.2. The molecule has 0 saturated heterocycles. The number of hydroxylamine groups is 3. The first-order valence-corrected chi connectivity index (χ1v) is 6.33. The Morgan fingerprint density at radius 2 is 1.62 bits per heavy atom. The number of quaternary nitrogens is 1. The number of benzene rings is 1. The van der Waals surface area contributed by atoms with Gasteiger partial charge >= 0.3 is 0 Å². The summed E-state index contributed by atoms with van der Waals surface area (Å²) < 4.78 is 0.556. The van der Waals surface area contributed by atoms with E-state index in [1.165, 1.54) is 0 Å². The van der Waals surface area contributed by atoms with E-state index < -0.39 is 0 Å². The Morgan fingerprint density at radius 3 is 2.12 bits per heavy atom. The molecule has 0 aromatic heterocycles. The maximum absolute atomic E-state index is 6.10.